The van der Waals surface area contributed by atoms with Crippen LogP contribution < -0.4 is 0 Å². The topological polar surface area (TPSA) is 73.3 Å². The predicted octanol–water partition coefficient (Wildman–Crippen LogP) is 3.87. The summed E-state index contributed by atoms with van der Waals surface area (Å²) in [6, 6.07) is 10.1. The van der Waals surface area contributed by atoms with Crippen molar-refractivity contribution in [3.05, 3.63) is 64.7 Å². The van der Waals surface area contributed by atoms with Crippen molar-refractivity contribution in [1.82, 2.24) is 4.98 Å². The number of aromatic nitrogens is 1. The van der Waals surface area contributed by atoms with Crippen LogP contribution in [0.3, 0.4) is 0 Å². The van der Waals surface area contributed by atoms with Gasteiger partial charge in [0.15, 0.2) is 0 Å². The maximum Gasteiger partial charge on any atom is 0.335 e. The number of aliphatic carboxylic acids is 1. The molecular weight excluding hydrogens is 302 g/mol. The number of aromatic amines is 1. The molecule has 3 aromatic rings. The molecule has 1 aliphatic carbocycles. The molecule has 4 nitrogen and oxygen atoms in total. The van der Waals surface area contributed by atoms with Crippen LogP contribution in [-0.2, 0) is 10.4 Å². The lowest BCUT2D eigenvalue weighted by atomic mass is 9.90. The number of benzene rings is 2. The molecule has 4 heteroatoms. The summed E-state index contributed by atoms with van der Waals surface area (Å²) < 4.78 is 0. The average molecular weight is 319 g/mol. The predicted molar refractivity (Wildman–Crippen MR) is 94.9 cm³/mol. The number of hydrogen-bond acceptors (Lipinski definition) is 2. The van der Waals surface area contributed by atoms with Crippen molar-refractivity contribution in [1.29, 1.82) is 0 Å². The van der Waals surface area contributed by atoms with Crippen molar-refractivity contribution < 1.29 is 15.0 Å². The molecule has 1 aromatic heterocycles. The van der Waals surface area contributed by atoms with Crippen molar-refractivity contribution in [3.63, 3.8) is 0 Å². The highest BCUT2D eigenvalue weighted by molar-refractivity contribution is 6.10. The zero-order chi connectivity index (χ0) is 17.1. The summed E-state index contributed by atoms with van der Waals surface area (Å²) >= 11 is 0. The van der Waals surface area contributed by atoms with E-state index in [0.717, 1.165) is 27.4 Å². The third-order valence-electron chi connectivity index (χ3n) is 4.63. The van der Waals surface area contributed by atoms with Crippen LogP contribution in [0.15, 0.2) is 48.1 Å². The van der Waals surface area contributed by atoms with Gasteiger partial charge in [-0.2, -0.15) is 0 Å². The van der Waals surface area contributed by atoms with Gasteiger partial charge in [0.25, 0.3) is 0 Å². The first kappa shape index (κ1) is 14.7. The lowest BCUT2D eigenvalue weighted by molar-refractivity contribution is -0.132. The van der Waals surface area contributed by atoms with E-state index in [1.165, 1.54) is 11.6 Å². The molecule has 0 saturated heterocycles. The maximum absolute atomic E-state index is 11.3. The Bertz CT molecular complexity index is 1070. The smallest absolute Gasteiger partial charge is 0.335 e. The standard InChI is InChI=1S/C20H17NO3/c1-11-3-8-17-15(9-11)13-6-7-16-14(18(13)21-17)5-4-12(19(22)23)10-20(16,2)24/h3-10,21,24H,1-2H3,(H,22,23). The Balaban J connectivity index is 2.08. The Morgan fingerprint density at radius 2 is 1.92 bits per heavy atom. The maximum atomic E-state index is 11.3. The lowest BCUT2D eigenvalue weighted by Gasteiger charge is -2.21. The lowest BCUT2D eigenvalue weighted by Crippen LogP contribution is -2.20. The van der Waals surface area contributed by atoms with Crippen molar-refractivity contribution in [2.24, 2.45) is 0 Å². The van der Waals surface area contributed by atoms with Gasteiger partial charge in [0.2, 0.25) is 0 Å². The normalized spacial score (nSPS) is 20.0. The van der Waals surface area contributed by atoms with Crippen molar-refractivity contribution >= 4 is 33.9 Å². The van der Waals surface area contributed by atoms with Gasteiger partial charge in [0.05, 0.1) is 11.1 Å². The molecule has 24 heavy (non-hydrogen) atoms. The molecule has 0 amide bonds. The fraction of sp³-hybridized carbons (Fsp3) is 0.150. The summed E-state index contributed by atoms with van der Waals surface area (Å²) in [4.78, 5) is 14.8. The summed E-state index contributed by atoms with van der Waals surface area (Å²) in [6.07, 6.45) is 4.69. The van der Waals surface area contributed by atoms with Crippen LogP contribution in [0.25, 0.3) is 27.9 Å². The van der Waals surface area contributed by atoms with E-state index in [0.29, 0.717) is 5.56 Å². The molecule has 0 bridgehead atoms. The van der Waals surface area contributed by atoms with E-state index in [2.05, 4.69) is 18.0 Å². The first-order valence-corrected chi connectivity index (χ1v) is 7.79. The molecule has 1 heterocycles. The molecule has 0 radical (unpaired) electrons. The van der Waals surface area contributed by atoms with E-state index < -0.39 is 11.6 Å². The highest BCUT2D eigenvalue weighted by atomic mass is 16.4. The fourth-order valence-electron chi connectivity index (χ4n) is 3.45. The molecular formula is C20H17NO3. The molecule has 1 unspecified atom stereocenters. The van der Waals surface area contributed by atoms with Gasteiger partial charge in [-0.3, -0.25) is 0 Å². The summed E-state index contributed by atoms with van der Waals surface area (Å²) in [5.41, 5.74) is 3.34. The van der Waals surface area contributed by atoms with E-state index in [4.69, 9.17) is 0 Å². The van der Waals surface area contributed by atoms with Gasteiger partial charge in [0.1, 0.15) is 5.60 Å². The number of carboxylic acids is 1. The number of H-pyrrole nitrogens is 1. The summed E-state index contributed by atoms with van der Waals surface area (Å²) in [5.74, 6) is -1.05. The van der Waals surface area contributed by atoms with Crippen molar-refractivity contribution in [3.8, 4) is 0 Å². The van der Waals surface area contributed by atoms with Crippen LogP contribution in [0.2, 0.25) is 0 Å². The molecule has 4 rings (SSSR count). The Morgan fingerprint density at radius 3 is 2.67 bits per heavy atom. The van der Waals surface area contributed by atoms with Gasteiger partial charge >= 0.3 is 5.97 Å². The molecule has 120 valence electrons. The van der Waals surface area contributed by atoms with Gasteiger partial charge < -0.3 is 15.2 Å². The van der Waals surface area contributed by atoms with E-state index in [-0.39, 0.29) is 5.57 Å². The quantitative estimate of drug-likeness (QED) is 0.637. The number of carbonyl (C=O) groups is 1. The van der Waals surface area contributed by atoms with E-state index in [1.807, 2.05) is 24.3 Å². The summed E-state index contributed by atoms with van der Waals surface area (Å²) in [5, 5.41) is 22.3. The van der Waals surface area contributed by atoms with Gasteiger partial charge in [-0.1, -0.05) is 29.8 Å². The zero-order valence-corrected chi connectivity index (χ0v) is 13.4. The van der Waals surface area contributed by atoms with Gasteiger partial charge in [-0.05, 0) is 43.7 Å². The Morgan fingerprint density at radius 1 is 1.12 bits per heavy atom. The van der Waals surface area contributed by atoms with Crippen LogP contribution in [0.1, 0.15) is 23.6 Å². The minimum absolute atomic E-state index is 0.0799. The number of hydrogen-bond donors (Lipinski definition) is 3. The average Bonchev–Trinajstić information content (AvgIpc) is 2.81. The monoisotopic (exact) mass is 319 g/mol. The first-order valence-electron chi connectivity index (χ1n) is 7.79. The molecule has 0 fully saturated rings. The van der Waals surface area contributed by atoms with Gasteiger partial charge in [-0.15, -0.1) is 0 Å². The molecule has 0 aliphatic heterocycles. The molecule has 2 aromatic carbocycles. The minimum Gasteiger partial charge on any atom is -0.478 e. The second-order valence-corrected chi connectivity index (χ2v) is 6.51. The van der Waals surface area contributed by atoms with Crippen molar-refractivity contribution in [2.75, 3.05) is 0 Å². The molecule has 0 spiro atoms. The summed E-state index contributed by atoms with van der Waals surface area (Å²) in [7, 11) is 0. The summed E-state index contributed by atoms with van der Waals surface area (Å²) in [6.45, 7) is 3.66. The van der Waals surface area contributed by atoms with E-state index >= 15 is 0 Å². The molecule has 1 aliphatic rings. The Labute approximate surface area is 138 Å². The number of carboxylic acid groups (broad SMARTS) is 1. The van der Waals surface area contributed by atoms with Crippen LogP contribution in [0.5, 0.6) is 0 Å². The second kappa shape index (κ2) is 4.82. The second-order valence-electron chi connectivity index (χ2n) is 6.51. The third-order valence-corrected chi connectivity index (χ3v) is 4.63. The fourth-order valence-corrected chi connectivity index (χ4v) is 3.45. The zero-order valence-electron chi connectivity index (χ0n) is 13.4. The molecule has 1 atom stereocenters. The Kier molecular flexibility index (Phi) is 2.96. The van der Waals surface area contributed by atoms with E-state index in [1.54, 1.807) is 19.1 Å². The largest absolute Gasteiger partial charge is 0.478 e. The first-order chi connectivity index (χ1) is 11.4. The van der Waals surface area contributed by atoms with Crippen LogP contribution in [-0.4, -0.2) is 21.2 Å². The highest BCUT2D eigenvalue weighted by Gasteiger charge is 2.28. The number of aryl methyl sites for hydroxylation is 1. The van der Waals surface area contributed by atoms with Crippen LogP contribution in [0.4, 0.5) is 0 Å². The molecule has 0 saturated carbocycles. The van der Waals surface area contributed by atoms with E-state index in [9.17, 15) is 15.0 Å². The van der Waals surface area contributed by atoms with Gasteiger partial charge in [-0.25, -0.2) is 4.79 Å². The molecule has 3 N–H and O–H groups in total. The third kappa shape index (κ3) is 2.07. The highest BCUT2D eigenvalue weighted by Crippen LogP contribution is 2.37. The van der Waals surface area contributed by atoms with Crippen molar-refractivity contribution in [2.45, 2.75) is 19.4 Å². The van der Waals surface area contributed by atoms with Crippen LogP contribution in [0, 0.1) is 6.92 Å². The number of nitrogens with one attached hydrogen (secondary N) is 1. The van der Waals surface area contributed by atoms with Gasteiger partial charge in [0, 0.05) is 21.9 Å². The SMILES string of the molecule is Cc1ccc2[nH]c3c4c(ccc3c2c1)C(C)(O)C=C(C(=O)O)C=C4. The number of fused-ring (bicyclic) bond motifs is 5. The number of aliphatic hydroxyl groups is 1. The van der Waals surface area contributed by atoms with Crippen LogP contribution >= 0.6 is 0 Å². The Hall–Kier alpha value is -2.85. The number of rotatable bonds is 1. The minimum atomic E-state index is -1.35.